The van der Waals surface area contributed by atoms with Gasteiger partial charge in [0.05, 0.1) is 33.5 Å². The summed E-state index contributed by atoms with van der Waals surface area (Å²) in [7, 11) is 0. The molecule has 6 rings (SSSR count). The minimum atomic E-state index is 0.186. The fraction of sp³-hybridized carbons (Fsp3) is 0.0606. The van der Waals surface area contributed by atoms with Gasteiger partial charge >= 0.3 is 0 Å². The van der Waals surface area contributed by atoms with Gasteiger partial charge in [-0.2, -0.15) is 5.26 Å². The molecule has 0 bridgehead atoms. The van der Waals surface area contributed by atoms with Crippen LogP contribution in [-0.4, -0.2) is 19.6 Å². The van der Waals surface area contributed by atoms with E-state index in [4.69, 9.17) is 10.2 Å². The second-order valence-corrected chi connectivity index (χ2v) is 9.33. The first kappa shape index (κ1) is 23.2. The number of aromatic hydroxyl groups is 1. The number of fused-ring (bicyclic) bond motifs is 1. The molecule has 0 amide bonds. The Morgan fingerprint density at radius 2 is 1.47 bits per heavy atom. The first-order valence-corrected chi connectivity index (χ1v) is 12.4. The first-order valence-electron chi connectivity index (χ1n) is 12.4. The van der Waals surface area contributed by atoms with E-state index in [-0.39, 0.29) is 5.75 Å². The van der Waals surface area contributed by atoms with Crippen molar-refractivity contribution >= 4 is 11.0 Å². The Hall–Kier alpha value is -5.21. The SMILES string of the molecule is Cc1cccc(C)c1-n1c(-c2ccccc2O)nc2c(-c3cccc(-c4ccc(C#N)cn4)c3)cccc21. The van der Waals surface area contributed by atoms with Crippen LogP contribution in [0.5, 0.6) is 5.75 Å². The number of nitriles is 1. The summed E-state index contributed by atoms with van der Waals surface area (Å²) in [5.74, 6) is 0.874. The zero-order valence-electron chi connectivity index (χ0n) is 21.1. The summed E-state index contributed by atoms with van der Waals surface area (Å²) >= 11 is 0. The van der Waals surface area contributed by atoms with Crippen LogP contribution >= 0.6 is 0 Å². The van der Waals surface area contributed by atoms with E-state index in [0.717, 1.165) is 50.2 Å². The van der Waals surface area contributed by atoms with Gasteiger partial charge in [-0.05, 0) is 66.9 Å². The van der Waals surface area contributed by atoms with Crippen LogP contribution in [0.1, 0.15) is 16.7 Å². The first-order chi connectivity index (χ1) is 18.5. The van der Waals surface area contributed by atoms with E-state index in [0.29, 0.717) is 17.0 Å². The summed E-state index contributed by atoms with van der Waals surface area (Å²) in [6.45, 7) is 4.20. The molecule has 0 aliphatic rings. The molecule has 1 N–H and O–H groups in total. The lowest BCUT2D eigenvalue weighted by molar-refractivity contribution is 0.477. The van der Waals surface area contributed by atoms with Gasteiger partial charge in [-0.25, -0.2) is 4.98 Å². The molecule has 2 aromatic heterocycles. The zero-order valence-corrected chi connectivity index (χ0v) is 21.1. The number of phenolic OH excluding ortho intramolecular Hbond substituents is 1. The normalized spacial score (nSPS) is 11.0. The van der Waals surface area contributed by atoms with E-state index < -0.39 is 0 Å². The molecule has 6 aromatic rings. The molecule has 182 valence electrons. The van der Waals surface area contributed by atoms with Crippen molar-refractivity contribution in [1.29, 1.82) is 5.26 Å². The Labute approximate surface area is 220 Å². The van der Waals surface area contributed by atoms with Crippen LogP contribution in [-0.2, 0) is 0 Å². The van der Waals surface area contributed by atoms with Gasteiger partial charge in [-0.15, -0.1) is 0 Å². The molecule has 0 saturated carbocycles. The summed E-state index contributed by atoms with van der Waals surface area (Å²) in [4.78, 5) is 9.63. The molecule has 38 heavy (non-hydrogen) atoms. The fourth-order valence-electron chi connectivity index (χ4n) is 5.04. The van der Waals surface area contributed by atoms with Crippen molar-refractivity contribution in [2.75, 3.05) is 0 Å². The van der Waals surface area contributed by atoms with Crippen LogP contribution in [0.4, 0.5) is 0 Å². The Bertz CT molecular complexity index is 1840. The van der Waals surface area contributed by atoms with Crippen molar-refractivity contribution in [2.45, 2.75) is 13.8 Å². The highest BCUT2D eigenvalue weighted by Crippen LogP contribution is 2.39. The van der Waals surface area contributed by atoms with Crippen molar-refractivity contribution in [3.63, 3.8) is 0 Å². The predicted molar refractivity (Wildman–Crippen MR) is 151 cm³/mol. The van der Waals surface area contributed by atoms with Crippen molar-refractivity contribution in [2.24, 2.45) is 0 Å². The average molecular weight is 493 g/mol. The van der Waals surface area contributed by atoms with Crippen LogP contribution in [0, 0.1) is 25.2 Å². The van der Waals surface area contributed by atoms with Gasteiger partial charge < -0.3 is 5.11 Å². The highest BCUT2D eigenvalue weighted by atomic mass is 16.3. The maximum atomic E-state index is 10.8. The number of rotatable bonds is 4. The second-order valence-electron chi connectivity index (χ2n) is 9.33. The number of para-hydroxylation sites is 3. The maximum Gasteiger partial charge on any atom is 0.149 e. The van der Waals surface area contributed by atoms with Gasteiger partial charge in [0, 0.05) is 17.3 Å². The number of benzene rings is 4. The molecule has 4 aromatic carbocycles. The van der Waals surface area contributed by atoms with Gasteiger partial charge in [0.2, 0.25) is 0 Å². The smallest absolute Gasteiger partial charge is 0.149 e. The molecule has 5 nitrogen and oxygen atoms in total. The van der Waals surface area contributed by atoms with Crippen LogP contribution in [0.2, 0.25) is 0 Å². The molecule has 0 radical (unpaired) electrons. The molecule has 0 aliphatic heterocycles. The molecule has 0 aliphatic carbocycles. The summed E-state index contributed by atoms with van der Waals surface area (Å²) in [5, 5.41) is 19.9. The van der Waals surface area contributed by atoms with E-state index in [9.17, 15) is 5.11 Å². The number of aromatic nitrogens is 3. The number of hydrogen-bond acceptors (Lipinski definition) is 4. The number of imidazole rings is 1. The van der Waals surface area contributed by atoms with Crippen molar-refractivity contribution in [1.82, 2.24) is 14.5 Å². The summed E-state index contributed by atoms with van der Waals surface area (Å²) in [6, 6.07) is 33.7. The monoisotopic (exact) mass is 492 g/mol. The molecule has 0 unspecified atom stereocenters. The average Bonchev–Trinajstić information content (AvgIpc) is 3.32. The summed E-state index contributed by atoms with van der Waals surface area (Å²) < 4.78 is 2.16. The van der Waals surface area contributed by atoms with Crippen LogP contribution < -0.4 is 0 Å². The number of phenols is 1. The standard InChI is InChI=1S/C33H24N4O/c1-21-8-5-9-22(2)32(21)37-29-14-7-13-26(31(29)36-33(37)27-12-3-4-15-30(27)38)24-10-6-11-25(18-24)28-17-16-23(19-34)20-35-28/h3-18,20,38H,1-2H3. The van der Waals surface area contributed by atoms with E-state index >= 15 is 0 Å². The topological polar surface area (TPSA) is 74.7 Å². The second kappa shape index (κ2) is 9.34. The minimum Gasteiger partial charge on any atom is -0.507 e. The summed E-state index contributed by atoms with van der Waals surface area (Å²) in [5.41, 5.74) is 10.1. The Morgan fingerprint density at radius 3 is 2.21 bits per heavy atom. The maximum absolute atomic E-state index is 10.8. The van der Waals surface area contributed by atoms with Gasteiger partial charge in [0.1, 0.15) is 17.6 Å². The Balaban J connectivity index is 1.61. The molecular weight excluding hydrogens is 468 g/mol. The summed E-state index contributed by atoms with van der Waals surface area (Å²) in [6.07, 6.45) is 1.59. The largest absolute Gasteiger partial charge is 0.507 e. The van der Waals surface area contributed by atoms with Crippen LogP contribution in [0.3, 0.4) is 0 Å². The zero-order chi connectivity index (χ0) is 26.2. The highest BCUT2D eigenvalue weighted by Gasteiger charge is 2.21. The van der Waals surface area contributed by atoms with Crippen LogP contribution in [0.25, 0.3) is 50.5 Å². The van der Waals surface area contributed by atoms with Gasteiger partial charge in [0.25, 0.3) is 0 Å². The highest BCUT2D eigenvalue weighted by molar-refractivity contribution is 5.96. The van der Waals surface area contributed by atoms with Gasteiger partial charge in [-0.3, -0.25) is 9.55 Å². The quantitative estimate of drug-likeness (QED) is 0.275. The van der Waals surface area contributed by atoms with E-state index in [1.54, 1.807) is 18.3 Å². The third kappa shape index (κ3) is 3.89. The van der Waals surface area contributed by atoms with Gasteiger partial charge in [-0.1, -0.05) is 60.7 Å². The third-order valence-electron chi connectivity index (χ3n) is 6.86. The Morgan fingerprint density at radius 1 is 0.763 bits per heavy atom. The van der Waals surface area contributed by atoms with Crippen LogP contribution in [0.15, 0.2) is 103 Å². The van der Waals surface area contributed by atoms with E-state index in [1.807, 2.05) is 42.5 Å². The van der Waals surface area contributed by atoms with Crippen molar-refractivity contribution in [3.8, 4) is 51.3 Å². The molecule has 0 fully saturated rings. The van der Waals surface area contributed by atoms with E-state index in [2.05, 4.69) is 71.9 Å². The number of pyridine rings is 1. The molecule has 0 atom stereocenters. The fourth-order valence-corrected chi connectivity index (χ4v) is 5.04. The van der Waals surface area contributed by atoms with E-state index in [1.165, 1.54) is 0 Å². The molecule has 2 heterocycles. The Kier molecular flexibility index (Phi) is 5.71. The molecular formula is C33H24N4O. The number of hydrogen-bond donors (Lipinski definition) is 1. The lowest BCUT2D eigenvalue weighted by Crippen LogP contribution is -2.02. The van der Waals surface area contributed by atoms with Crippen molar-refractivity contribution < 1.29 is 5.11 Å². The number of nitrogens with zero attached hydrogens (tertiary/aromatic N) is 4. The minimum absolute atomic E-state index is 0.186. The molecule has 5 heteroatoms. The predicted octanol–water partition coefficient (Wildman–Crippen LogP) is 7.62. The lowest BCUT2D eigenvalue weighted by Gasteiger charge is -2.16. The molecule has 0 saturated heterocycles. The van der Waals surface area contributed by atoms with Gasteiger partial charge in [0.15, 0.2) is 0 Å². The lowest BCUT2D eigenvalue weighted by atomic mass is 10.00. The van der Waals surface area contributed by atoms with Crippen molar-refractivity contribution in [3.05, 3.63) is 120 Å². The third-order valence-corrected chi connectivity index (χ3v) is 6.86. The molecule has 0 spiro atoms. The number of aryl methyl sites for hydroxylation is 2.